The lowest BCUT2D eigenvalue weighted by Gasteiger charge is -2.13. The quantitative estimate of drug-likeness (QED) is 0.756. The first kappa shape index (κ1) is 12.4. The maximum absolute atomic E-state index is 5.53. The van der Waals surface area contributed by atoms with Gasteiger partial charge in [-0.1, -0.05) is 22.0 Å². The van der Waals surface area contributed by atoms with Gasteiger partial charge in [-0.2, -0.15) is 0 Å². The van der Waals surface area contributed by atoms with E-state index in [0.29, 0.717) is 18.0 Å². The second-order valence-electron chi connectivity index (χ2n) is 3.19. The maximum Gasteiger partial charge on any atom is 0.161 e. The fourth-order valence-electron chi connectivity index (χ4n) is 1.32. The van der Waals surface area contributed by atoms with Crippen molar-refractivity contribution in [1.29, 1.82) is 0 Å². The highest BCUT2D eigenvalue weighted by Crippen LogP contribution is 2.32. The Kier molecular flexibility index (Phi) is 4.95. The smallest absolute Gasteiger partial charge is 0.161 e. The molecule has 0 saturated heterocycles. The molecule has 0 amide bonds. The van der Waals surface area contributed by atoms with Gasteiger partial charge in [0.05, 0.1) is 13.2 Å². The monoisotopic (exact) mass is 272 g/mol. The molecule has 0 fully saturated rings. The van der Waals surface area contributed by atoms with Crippen LogP contribution < -0.4 is 9.47 Å². The van der Waals surface area contributed by atoms with Crippen LogP contribution in [0.4, 0.5) is 0 Å². The van der Waals surface area contributed by atoms with E-state index in [1.54, 1.807) is 0 Å². The van der Waals surface area contributed by atoms with Crippen molar-refractivity contribution in [1.82, 2.24) is 0 Å². The number of halogens is 1. The van der Waals surface area contributed by atoms with Gasteiger partial charge in [-0.3, -0.25) is 0 Å². The Morgan fingerprint density at radius 1 is 1.13 bits per heavy atom. The standard InChI is InChI=1S/C12H17BrO2/c1-4-14-11-7-6-10(9(3)13)8-12(11)15-5-2/h6-9H,4-5H2,1-3H3. The minimum absolute atomic E-state index is 0.326. The first-order valence-corrected chi connectivity index (χ1v) is 6.14. The number of hydrogen-bond donors (Lipinski definition) is 0. The Morgan fingerprint density at radius 2 is 1.73 bits per heavy atom. The predicted octanol–water partition coefficient (Wildman–Crippen LogP) is 3.94. The average molecular weight is 273 g/mol. The summed E-state index contributed by atoms with van der Waals surface area (Å²) in [7, 11) is 0. The van der Waals surface area contributed by atoms with Crippen LogP contribution in [0.15, 0.2) is 18.2 Å². The summed E-state index contributed by atoms with van der Waals surface area (Å²) in [6.45, 7) is 7.34. The van der Waals surface area contributed by atoms with E-state index < -0.39 is 0 Å². The molecule has 0 aliphatic heterocycles. The van der Waals surface area contributed by atoms with Crippen molar-refractivity contribution in [2.45, 2.75) is 25.6 Å². The molecule has 0 bridgehead atoms. The van der Waals surface area contributed by atoms with Crippen molar-refractivity contribution in [2.24, 2.45) is 0 Å². The van der Waals surface area contributed by atoms with Crippen LogP contribution in [0.1, 0.15) is 31.2 Å². The van der Waals surface area contributed by atoms with E-state index in [0.717, 1.165) is 11.5 Å². The van der Waals surface area contributed by atoms with Gasteiger partial charge < -0.3 is 9.47 Å². The van der Waals surface area contributed by atoms with E-state index in [9.17, 15) is 0 Å². The first-order valence-electron chi connectivity index (χ1n) is 5.22. The van der Waals surface area contributed by atoms with Crippen molar-refractivity contribution in [2.75, 3.05) is 13.2 Å². The normalized spacial score (nSPS) is 12.3. The number of hydrogen-bond acceptors (Lipinski definition) is 2. The summed E-state index contributed by atoms with van der Waals surface area (Å²) < 4.78 is 11.0. The van der Waals surface area contributed by atoms with E-state index in [2.05, 4.69) is 22.9 Å². The molecule has 1 aromatic carbocycles. The Balaban J connectivity index is 2.97. The molecule has 0 N–H and O–H groups in total. The molecule has 15 heavy (non-hydrogen) atoms. The molecule has 0 spiro atoms. The van der Waals surface area contributed by atoms with Crippen LogP contribution >= 0.6 is 15.9 Å². The molecule has 3 heteroatoms. The van der Waals surface area contributed by atoms with Crippen LogP contribution in [0.5, 0.6) is 11.5 Å². The van der Waals surface area contributed by atoms with Crippen LogP contribution in [0.25, 0.3) is 0 Å². The number of ether oxygens (including phenoxy) is 2. The molecule has 0 heterocycles. The van der Waals surface area contributed by atoms with E-state index in [-0.39, 0.29) is 0 Å². The van der Waals surface area contributed by atoms with Gasteiger partial charge in [0.1, 0.15) is 0 Å². The van der Waals surface area contributed by atoms with Crippen LogP contribution in [-0.2, 0) is 0 Å². The number of benzene rings is 1. The average Bonchev–Trinajstić information content (AvgIpc) is 2.21. The summed E-state index contributed by atoms with van der Waals surface area (Å²) in [5.41, 5.74) is 1.20. The third-order valence-electron chi connectivity index (χ3n) is 2.03. The molecule has 1 rings (SSSR count). The maximum atomic E-state index is 5.53. The molecule has 1 aromatic rings. The van der Waals surface area contributed by atoms with Crippen molar-refractivity contribution >= 4 is 15.9 Å². The molecule has 1 unspecified atom stereocenters. The van der Waals surface area contributed by atoms with Gasteiger partial charge in [0.15, 0.2) is 11.5 Å². The van der Waals surface area contributed by atoms with Crippen molar-refractivity contribution in [3.63, 3.8) is 0 Å². The molecular weight excluding hydrogens is 256 g/mol. The summed E-state index contributed by atoms with van der Waals surface area (Å²) in [6.07, 6.45) is 0. The number of rotatable bonds is 5. The van der Waals surface area contributed by atoms with E-state index in [1.165, 1.54) is 5.56 Å². The lowest BCUT2D eigenvalue weighted by atomic mass is 10.1. The summed E-state index contributed by atoms with van der Waals surface area (Å²) in [5.74, 6) is 1.64. The molecule has 2 nitrogen and oxygen atoms in total. The molecular formula is C12H17BrO2. The molecule has 84 valence electrons. The van der Waals surface area contributed by atoms with Gasteiger partial charge >= 0.3 is 0 Å². The lowest BCUT2D eigenvalue weighted by molar-refractivity contribution is 0.287. The highest BCUT2D eigenvalue weighted by Gasteiger charge is 2.08. The molecule has 1 atom stereocenters. The van der Waals surface area contributed by atoms with E-state index in [4.69, 9.17) is 9.47 Å². The van der Waals surface area contributed by atoms with Crippen LogP contribution in [-0.4, -0.2) is 13.2 Å². The first-order chi connectivity index (χ1) is 7.19. The van der Waals surface area contributed by atoms with Crippen molar-refractivity contribution in [3.8, 4) is 11.5 Å². The predicted molar refractivity (Wildman–Crippen MR) is 66.1 cm³/mol. The highest BCUT2D eigenvalue weighted by atomic mass is 79.9. The Bertz CT molecular complexity index is 310. The molecule has 0 aliphatic rings. The van der Waals surface area contributed by atoms with Gasteiger partial charge in [0.25, 0.3) is 0 Å². The van der Waals surface area contributed by atoms with Crippen molar-refractivity contribution < 1.29 is 9.47 Å². The third kappa shape index (κ3) is 3.42. The second kappa shape index (κ2) is 6.01. The second-order valence-corrected chi connectivity index (χ2v) is 4.56. The van der Waals surface area contributed by atoms with Gasteiger partial charge in [0.2, 0.25) is 0 Å². The van der Waals surface area contributed by atoms with Gasteiger partial charge in [-0.15, -0.1) is 0 Å². The highest BCUT2D eigenvalue weighted by molar-refractivity contribution is 9.09. The molecule has 0 radical (unpaired) electrons. The largest absolute Gasteiger partial charge is 0.490 e. The van der Waals surface area contributed by atoms with Gasteiger partial charge in [0, 0.05) is 4.83 Å². The topological polar surface area (TPSA) is 18.5 Å². The summed E-state index contributed by atoms with van der Waals surface area (Å²) in [5, 5.41) is 0. The zero-order valence-corrected chi connectivity index (χ0v) is 11.0. The summed E-state index contributed by atoms with van der Waals surface area (Å²) in [4.78, 5) is 0.326. The minimum atomic E-state index is 0.326. The molecule has 0 aromatic heterocycles. The molecule has 0 aliphatic carbocycles. The fraction of sp³-hybridized carbons (Fsp3) is 0.500. The summed E-state index contributed by atoms with van der Waals surface area (Å²) >= 11 is 3.53. The van der Waals surface area contributed by atoms with Gasteiger partial charge in [-0.05, 0) is 38.5 Å². The SMILES string of the molecule is CCOc1ccc(C(C)Br)cc1OCC. The van der Waals surface area contributed by atoms with Crippen LogP contribution in [0, 0.1) is 0 Å². The lowest BCUT2D eigenvalue weighted by Crippen LogP contribution is -1.99. The Hall–Kier alpha value is -0.700. The third-order valence-corrected chi connectivity index (χ3v) is 2.56. The van der Waals surface area contributed by atoms with Gasteiger partial charge in [-0.25, -0.2) is 0 Å². The Morgan fingerprint density at radius 3 is 2.27 bits per heavy atom. The zero-order valence-electron chi connectivity index (χ0n) is 9.42. The van der Waals surface area contributed by atoms with Crippen LogP contribution in [0.3, 0.4) is 0 Å². The van der Waals surface area contributed by atoms with Crippen molar-refractivity contribution in [3.05, 3.63) is 23.8 Å². The van der Waals surface area contributed by atoms with E-state index in [1.807, 2.05) is 32.0 Å². The van der Waals surface area contributed by atoms with Crippen LogP contribution in [0.2, 0.25) is 0 Å². The minimum Gasteiger partial charge on any atom is -0.490 e. The Labute approximate surface area is 99.7 Å². The van der Waals surface area contributed by atoms with E-state index >= 15 is 0 Å². The fourth-order valence-corrected chi connectivity index (χ4v) is 1.60. The number of alkyl halides is 1. The molecule has 0 saturated carbocycles. The zero-order chi connectivity index (χ0) is 11.3. The summed E-state index contributed by atoms with van der Waals surface area (Å²) in [6, 6.07) is 6.03.